The molecule has 0 amide bonds. The molecule has 1 aliphatic heterocycles. The Morgan fingerprint density at radius 1 is 1.48 bits per heavy atom. The number of pyridine rings is 1. The van der Waals surface area contributed by atoms with Gasteiger partial charge in [0.1, 0.15) is 5.82 Å². The highest BCUT2D eigenvalue weighted by Crippen LogP contribution is 2.24. The number of piperidine rings is 1. The van der Waals surface area contributed by atoms with E-state index in [2.05, 4.69) is 9.88 Å². The number of hydrogen-bond acceptors (Lipinski definition) is 5. The van der Waals surface area contributed by atoms with E-state index in [1.54, 1.807) is 19.1 Å². The van der Waals surface area contributed by atoms with Crippen LogP contribution in [0.25, 0.3) is 0 Å². The number of aromatic nitrogens is 1. The predicted octanol–water partition coefficient (Wildman–Crippen LogP) is 1.87. The number of carboxylic acids is 1. The minimum atomic E-state index is -0.757. The molecule has 1 N–H and O–H groups in total. The molecule has 0 aromatic carbocycles. The topological polar surface area (TPSA) is 79.7 Å². The van der Waals surface area contributed by atoms with Gasteiger partial charge >= 0.3 is 11.9 Å². The zero-order valence-electron chi connectivity index (χ0n) is 12.3. The summed E-state index contributed by atoms with van der Waals surface area (Å²) in [7, 11) is 1.34. The van der Waals surface area contributed by atoms with Crippen LogP contribution in [-0.4, -0.2) is 42.2 Å². The molecule has 0 radical (unpaired) electrons. The molecule has 2 rings (SSSR count). The third-order valence-corrected chi connectivity index (χ3v) is 3.78. The maximum absolute atomic E-state index is 11.6. The average Bonchev–Trinajstić information content (AvgIpc) is 2.46. The fraction of sp³-hybridized carbons (Fsp3) is 0.533. The molecular formula is C15H20N2O4. The molecule has 114 valence electrons. The first kappa shape index (κ1) is 15.3. The van der Waals surface area contributed by atoms with Gasteiger partial charge in [-0.05, 0) is 37.8 Å². The van der Waals surface area contributed by atoms with Crippen LogP contribution < -0.4 is 4.90 Å². The molecule has 0 spiro atoms. The van der Waals surface area contributed by atoms with Crippen molar-refractivity contribution in [3.8, 4) is 0 Å². The third kappa shape index (κ3) is 3.71. The molecule has 2 heterocycles. The van der Waals surface area contributed by atoms with Crippen LogP contribution in [0.3, 0.4) is 0 Å². The number of hydrogen-bond donors (Lipinski definition) is 1. The van der Waals surface area contributed by atoms with E-state index < -0.39 is 11.9 Å². The van der Waals surface area contributed by atoms with Crippen LogP contribution in [0.2, 0.25) is 0 Å². The number of esters is 1. The normalized spacial score (nSPS) is 18.4. The van der Waals surface area contributed by atoms with Crippen LogP contribution in [0.15, 0.2) is 12.1 Å². The number of methoxy groups -OCH3 is 1. The third-order valence-electron chi connectivity index (χ3n) is 3.78. The van der Waals surface area contributed by atoms with Crippen LogP contribution in [0.5, 0.6) is 0 Å². The SMILES string of the molecule is COC(=O)c1ccc(N2CCCC(CC(=O)O)C2)nc1C. The molecule has 1 atom stereocenters. The summed E-state index contributed by atoms with van der Waals surface area (Å²) in [5.41, 5.74) is 1.08. The Balaban J connectivity index is 2.12. The van der Waals surface area contributed by atoms with E-state index in [0.29, 0.717) is 17.8 Å². The molecular weight excluding hydrogens is 272 g/mol. The number of ether oxygens (including phenoxy) is 1. The molecule has 1 saturated heterocycles. The number of nitrogens with zero attached hydrogens (tertiary/aromatic N) is 2. The molecule has 1 aliphatic rings. The number of anilines is 1. The predicted molar refractivity (Wildman–Crippen MR) is 77.5 cm³/mol. The van der Waals surface area contributed by atoms with Crippen molar-refractivity contribution in [2.75, 3.05) is 25.1 Å². The number of rotatable bonds is 4. The maximum atomic E-state index is 11.6. The second kappa shape index (κ2) is 6.56. The highest BCUT2D eigenvalue weighted by atomic mass is 16.5. The Morgan fingerprint density at radius 2 is 2.24 bits per heavy atom. The number of carbonyl (C=O) groups excluding carboxylic acids is 1. The van der Waals surface area contributed by atoms with Gasteiger partial charge < -0.3 is 14.7 Å². The fourth-order valence-electron chi connectivity index (χ4n) is 2.74. The fourth-order valence-corrected chi connectivity index (χ4v) is 2.74. The molecule has 21 heavy (non-hydrogen) atoms. The number of aliphatic carboxylic acids is 1. The summed E-state index contributed by atoms with van der Waals surface area (Å²) in [6.07, 6.45) is 2.08. The van der Waals surface area contributed by atoms with Crippen molar-refractivity contribution in [1.82, 2.24) is 4.98 Å². The standard InChI is InChI=1S/C15H20N2O4/c1-10-12(15(20)21-2)5-6-13(16-10)17-7-3-4-11(9-17)8-14(18)19/h5-6,11H,3-4,7-9H2,1-2H3,(H,18,19). The molecule has 1 aromatic heterocycles. The van der Waals surface area contributed by atoms with Gasteiger partial charge in [-0.15, -0.1) is 0 Å². The van der Waals surface area contributed by atoms with Crippen LogP contribution in [-0.2, 0) is 9.53 Å². The summed E-state index contributed by atoms with van der Waals surface area (Å²) < 4.78 is 4.71. The minimum absolute atomic E-state index is 0.152. The average molecular weight is 292 g/mol. The lowest BCUT2D eigenvalue weighted by molar-refractivity contribution is -0.138. The monoisotopic (exact) mass is 292 g/mol. The first-order valence-corrected chi connectivity index (χ1v) is 7.04. The molecule has 0 saturated carbocycles. The lowest BCUT2D eigenvalue weighted by atomic mass is 9.95. The molecule has 6 nitrogen and oxygen atoms in total. The van der Waals surface area contributed by atoms with E-state index >= 15 is 0 Å². The second-order valence-electron chi connectivity index (χ2n) is 5.35. The van der Waals surface area contributed by atoms with Gasteiger partial charge in [0.2, 0.25) is 0 Å². The van der Waals surface area contributed by atoms with E-state index in [0.717, 1.165) is 25.2 Å². The Kier molecular flexibility index (Phi) is 4.77. The lowest BCUT2D eigenvalue weighted by Crippen LogP contribution is -2.37. The highest BCUT2D eigenvalue weighted by Gasteiger charge is 2.23. The zero-order chi connectivity index (χ0) is 15.4. The largest absolute Gasteiger partial charge is 0.481 e. The van der Waals surface area contributed by atoms with Gasteiger partial charge in [-0.1, -0.05) is 0 Å². The molecule has 1 unspecified atom stereocenters. The van der Waals surface area contributed by atoms with E-state index in [1.807, 2.05) is 0 Å². The Hall–Kier alpha value is -2.11. The van der Waals surface area contributed by atoms with Crippen molar-refractivity contribution >= 4 is 17.8 Å². The summed E-state index contributed by atoms with van der Waals surface area (Å²) >= 11 is 0. The first-order valence-electron chi connectivity index (χ1n) is 7.04. The number of aryl methyl sites for hydroxylation is 1. The molecule has 1 fully saturated rings. The summed E-state index contributed by atoms with van der Waals surface area (Å²) in [6.45, 7) is 3.32. The Bertz CT molecular complexity index is 544. The Morgan fingerprint density at radius 3 is 2.86 bits per heavy atom. The van der Waals surface area contributed by atoms with Crippen molar-refractivity contribution in [3.63, 3.8) is 0 Å². The van der Waals surface area contributed by atoms with Gasteiger partial charge in [-0.3, -0.25) is 4.79 Å². The van der Waals surface area contributed by atoms with Crippen molar-refractivity contribution in [2.45, 2.75) is 26.2 Å². The summed E-state index contributed by atoms with van der Waals surface area (Å²) in [5.74, 6) is -0.213. The van der Waals surface area contributed by atoms with Gasteiger partial charge in [0.05, 0.1) is 18.4 Å². The van der Waals surface area contributed by atoms with E-state index in [1.165, 1.54) is 7.11 Å². The van der Waals surface area contributed by atoms with Crippen LogP contribution >= 0.6 is 0 Å². The smallest absolute Gasteiger partial charge is 0.339 e. The van der Waals surface area contributed by atoms with Gasteiger partial charge in [-0.2, -0.15) is 0 Å². The van der Waals surface area contributed by atoms with Gasteiger partial charge in [0.15, 0.2) is 0 Å². The summed E-state index contributed by atoms with van der Waals surface area (Å²) in [5, 5.41) is 8.91. The van der Waals surface area contributed by atoms with Crippen molar-refractivity contribution in [3.05, 3.63) is 23.4 Å². The summed E-state index contributed by atoms with van der Waals surface area (Å²) in [6, 6.07) is 3.51. The second-order valence-corrected chi connectivity index (χ2v) is 5.35. The molecule has 6 heteroatoms. The minimum Gasteiger partial charge on any atom is -0.481 e. The molecule has 1 aromatic rings. The van der Waals surface area contributed by atoms with E-state index in [9.17, 15) is 9.59 Å². The van der Waals surface area contributed by atoms with Crippen molar-refractivity contribution < 1.29 is 19.4 Å². The number of carbonyl (C=O) groups is 2. The molecule has 0 aliphatic carbocycles. The summed E-state index contributed by atoms with van der Waals surface area (Å²) in [4.78, 5) is 28.9. The lowest BCUT2D eigenvalue weighted by Gasteiger charge is -2.33. The van der Waals surface area contributed by atoms with Crippen LogP contribution in [0, 0.1) is 12.8 Å². The van der Waals surface area contributed by atoms with Crippen LogP contribution in [0.4, 0.5) is 5.82 Å². The first-order chi connectivity index (χ1) is 10.0. The van der Waals surface area contributed by atoms with E-state index in [4.69, 9.17) is 9.84 Å². The van der Waals surface area contributed by atoms with Crippen LogP contribution in [0.1, 0.15) is 35.3 Å². The zero-order valence-corrected chi connectivity index (χ0v) is 12.3. The maximum Gasteiger partial charge on any atom is 0.339 e. The van der Waals surface area contributed by atoms with E-state index in [-0.39, 0.29) is 12.3 Å². The van der Waals surface area contributed by atoms with Crippen molar-refractivity contribution in [2.24, 2.45) is 5.92 Å². The van der Waals surface area contributed by atoms with Gasteiger partial charge in [-0.25, -0.2) is 9.78 Å². The van der Waals surface area contributed by atoms with Crippen molar-refractivity contribution in [1.29, 1.82) is 0 Å². The van der Waals surface area contributed by atoms with Gasteiger partial charge in [0, 0.05) is 19.5 Å². The Labute approximate surface area is 123 Å². The van der Waals surface area contributed by atoms with Gasteiger partial charge in [0.25, 0.3) is 0 Å². The number of carboxylic acid groups (broad SMARTS) is 1. The highest BCUT2D eigenvalue weighted by molar-refractivity contribution is 5.90. The molecule has 0 bridgehead atoms. The quantitative estimate of drug-likeness (QED) is 0.853.